The fourth-order valence-corrected chi connectivity index (χ4v) is 5.24. The third-order valence-corrected chi connectivity index (χ3v) is 7.42. The van der Waals surface area contributed by atoms with E-state index in [0.717, 1.165) is 47.5 Å². The first kappa shape index (κ1) is 19.5. The zero-order valence-corrected chi connectivity index (χ0v) is 18.8. The Morgan fingerprint density at radius 1 is 1.20 bits per heavy atom. The molecular weight excluding hydrogens is 394 g/mol. The van der Waals surface area contributed by atoms with Crippen LogP contribution in [-0.4, -0.2) is 38.1 Å². The van der Waals surface area contributed by atoms with Gasteiger partial charge in [0.25, 0.3) is 0 Å². The number of benzene rings is 1. The smallest absolute Gasteiger partial charge is 0.189 e. The van der Waals surface area contributed by atoms with Crippen molar-refractivity contribution >= 4 is 27.2 Å². The highest BCUT2D eigenvalue weighted by Crippen LogP contribution is 2.35. The fourth-order valence-electron chi connectivity index (χ4n) is 3.98. The van der Waals surface area contributed by atoms with E-state index in [9.17, 15) is 0 Å². The lowest BCUT2D eigenvalue weighted by Gasteiger charge is -2.23. The summed E-state index contributed by atoms with van der Waals surface area (Å²) in [5.41, 5.74) is 3.78. The maximum absolute atomic E-state index is 5.98. The van der Waals surface area contributed by atoms with E-state index >= 15 is 0 Å². The molecule has 4 heterocycles. The number of likely N-dealkylation sites (N-methyl/N-ethyl adjacent to an activating group) is 1. The number of hydrogen-bond donors (Lipinski definition) is 0. The molecule has 7 heteroatoms. The summed E-state index contributed by atoms with van der Waals surface area (Å²) >= 11 is 1.78. The maximum Gasteiger partial charge on any atom is 0.189 e. The highest BCUT2D eigenvalue weighted by atomic mass is 32.1. The van der Waals surface area contributed by atoms with Gasteiger partial charge in [0, 0.05) is 18.0 Å². The minimum absolute atomic E-state index is 0.175. The Hall–Kier alpha value is -2.51. The van der Waals surface area contributed by atoms with Gasteiger partial charge in [0.1, 0.15) is 23.5 Å². The van der Waals surface area contributed by atoms with E-state index in [0.29, 0.717) is 12.4 Å². The van der Waals surface area contributed by atoms with Gasteiger partial charge in [-0.2, -0.15) is 0 Å². The molecule has 0 saturated carbocycles. The number of thiophene rings is 1. The van der Waals surface area contributed by atoms with Crippen molar-refractivity contribution in [2.75, 3.05) is 13.6 Å². The standard InChI is InChI=1S/C23H27N5OS/c1-5-23(2,3)15-6-8-16(9-7-15)29-13-19-25-21-20-17-10-11-27(4)12-18(17)30-22(20)24-14-28(21)26-19/h6-9,14H,5,10-13H2,1-4H3. The van der Waals surface area contributed by atoms with Gasteiger partial charge in [-0.15, -0.1) is 16.4 Å². The van der Waals surface area contributed by atoms with E-state index < -0.39 is 0 Å². The van der Waals surface area contributed by atoms with Gasteiger partial charge in [-0.1, -0.05) is 32.9 Å². The highest BCUT2D eigenvalue weighted by Gasteiger charge is 2.23. The van der Waals surface area contributed by atoms with Crippen molar-refractivity contribution in [3.63, 3.8) is 0 Å². The summed E-state index contributed by atoms with van der Waals surface area (Å²) < 4.78 is 7.77. The van der Waals surface area contributed by atoms with Gasteiger partial charge in [-0.05, 0) is 48.6 Å². The predicted molar refractivity (Wildman–Crippen MR) is 120 cm³/mol. The molecule has 0 radical (unpaired) electrons. The SMILES string of the molecule is CCC(C)(C)c1ccc(OCc2nc3c4c5c(sc4ncn3n2)CN(C)CC5)cc1. The van der Waals surface area contributed by atoms with Crippen molar-refractivity contribution in [3.8, 4) is 5.75 Å². The molecule has 0 fully saturated rings. The van der Waals surface area contributed by atoms with Crippen molar-refractivity contribution in [1.82, 2.24) is 24.5 Å². The van der Waals surface area contributed by atoms with Crippen molar-refractivity contribution in [2.24, 2.45) is 0 Å². The molecule has 5 rings (SSSR count). The number of rotatable bonds is 5. The number of aromatic nitrogens is 4. The predicted octanol–water partition coefficient (Wildman–Crippen LogP) is 4.59. The Bertz CT molecular complexity index is 1210. The Morgan fingerprint density at radius 3 is 2.77 bits per heavy atom. The molecule has 3 aromatic heterocycles. The average molecular weight is 422 g/mol. The minimum Gasteiger partial charge on any atom is -0.486 e. The summed E-state index contributed by atoms with van der Waals surface area (Å²) in [5, 5.41) is 5.77. The van der Waals surface area contributed by atoms with Gasteiger partial charge < -0.3 is 9.64 Å². The summed E-state index contributed by atoms with van der Waals surface area (Å²) in [6.07, 6.45) is 3.90. The lowest BCUT2D eigenvalue weighted by atomic mass is 9.82. The van der Waals surface area contributed by atoms with Gasteiger partial charge in [0.15, 0.2) is 11.5 Å². The second-order valence-electron chi connectivity index (χ2n) is 8.76. The Balaban J connectivity index is 1.40. The lowest BCUT2D eigenvalue weighted by molar-refractivity contribution is 0.296. The molecule has 1 aliphatic heterocycles. The van der Waals surface area contributed by atoms with Crippen molar-refractivity contribution in [3.05, 3.63) is 52.4 Å². The van der Waals surface area contributed by atoms with E-state index in [-0.39, 0.29) is 5.41 Å². The van der Waals surface area contributed by atoms with E-state index in [4.69, 9.17) is 9.72 Å². The molecule has 0 aliphatic carbocycles. The van der Waals surface area contributed by atoms with E-state index in [1.807, 2.05) is 12.1 Å². The van der Waals surface area contributed by atoms with Crippen LogP contribution < -0.4 is 4.74 Å². The van der Waals surface area contributed by atoms with Gasteiger partial charge >= 0.3 is 0 Å². The third-order valence-electron chi connectivity index (χ3n) is 6.30. The summed E-state index contributed by atoms with van der Waals surface area (Å²) in [6, 6.07) is 8.37. The van der Waals surface area contributed by atoms with E-state index in [1.165, 1.54) is 16.0 Å². The Kier molecular flexibility index (Phi) is 4.75. The first-order chi connectivity index (χ1) is 14.4. The quantitative estimate of drug-likeness (QED) is 0.472. The zero-order chi connectivity index (χ0) is 20.9. The Labute approximate surface area is 180 Å². The molecule has 0 bridgehead atoms. The van der Waals surface area contributed by atoms with Crippen LogP contribution in [0.5, 0.6) is 5.75 Å². The summed E-state index contributed by atoms with van der Waals surface area (Å²) in [5.74, 6) is 1.51. The van der Waals surface area contributed by atoms with Crippen LogP contribution in [0.2, 0.25) is 0 Å². The molecule has 0 saturated heterocycles. The molecule has 1 aromatic carbocycles. The summed E-state index contributed by atoms with van der Waals surface area (Å²) in [7, 11) is 2.17. The lowest BCUT2D eigenvalue weighted by Crippen LogP contribution is -2.25. The Morgan fingerprint density at radius 2 is 2.00 bits per heavy atom. The fraction of sp³-hybridized carbons (Fsp3) is 0.435. The molecule has 6 nitrogen and oxygen atoms in total. The molecule has 156 valence electrons. The molecule has 0 N–H and O–H groups in total. The second kappa shape index (κ2) is 7.32. The molecule has 4 aromatic rings. The van der Waals surface area contributed by atoms with Crippen LogP contribution in [0.25, 0.3) is 15.9 Å². The van der Waals surface area contributed by atoms with Crippen LogP contribution in [0, 0.1) is 0 Å². The summed E-state index contributed by atoms with van der Waals surface area (Å²) in [4.78, 5) is 14.2. The molecule has 0 spiro atoms. The number of ether oxygens (including phenoxy) is 1. The van der Waals surface area contributed by atoms with Crippen LogP contribution in [0.1, 0.15) is 49.0 Å². The second-order valence-corrected chi connectivity index (χ2v) is 9.85. The third kappa shape index (κ3) is 3.36. The first-order valence-corrected chi connectivity index (χ1v) is 11.3. The van der Waals surface area contributed by atoms with Crippen LogP contribution >= 0.6 is 11.3 Å². The topological polar surface area (TPSA) is 55.6 Å². The van der Waals surface area contributed by atoms with Crippen molar-refractivity contribution in [1.29, 1.82) is 0 Å². The molecule has 1 aliphatic rings. The zero-order valence-electron chi connectivity index (χ0n) is 18.0. The maximum atomic E-state index is 5.98. The van der Waals surface area contributed by atoms with Crippen molar-refractivity contribution in [2.45, 2.75) is 52.2 Å². The van der Waals surface area contributed by atoms with Gasteiger partial charge in [0.2, 0.25) is 0 Å². The monoisotopic (exact) mass is 421 g/mol. The largest absolute Gasteiger partial charge is 0.486 e. The van der Waals surface area contributed by atoms with E-state index in [1.54, 1.807) is 22.2 Å². The van der Waals surface area contributed by atoms with Gasteiger partial charge in [-0.25, -0.2) is 14.5 Å². The number of fused-ring (bicyclic) bond motifs is 5. The van der Waals surface area contributed by atoms with Crippen LogP contribution in [0.3, 0.4) is 0 Å². The normalized spacial score (nSPS) is 15.1. The molecule has 30 heavy (non-hydrogen) atoms. The summed E-state index contributed by atoms with van der Waals surface area (Å²) in [6.45, 7) is 9.13. The number of hydrogen-bond acceptors (Lipinski definition) is 6. The highest BCUT2D eigenvalue weighted by molar-refractivity contribution is 7.19. The molecule has 0 amide bonds. The van der Waals surface area contributed by atoms with Crippen molar-refractivity contribution < 1.29 is 4.74 Å². The van der Waals surface area contributed by atoms with Crippen LogP contribution in [0.4, 0.5) is 0 Å². The molecule has 0 unspecified atom stereocenters. The first-order valence-electron chi connectivity index (χ1n) is 10.5. The van der Waals surface area contributed by atoms with E-state index in [2.05, 4.69) is 54.9 Å². The van der Waals surface area contributed by atoms with Gasteiger partial charge in [0.05, 0.1) is 5.39 Å². The molecule has 0 atom stereocenters. The number of nitrogens with zero attached hydrogens (tertiary/aromatic N) is 5. The van der Waals surface area contributed by atoms with Crippen LogP contribution in [-0.2, 0) is 25.0 Å². The molecular formula is C23H27N5OS. The minimum atomic E-state index is 0.175. The average Bonchev–Trinajstić information content (AvgIpc) is 3.32. The van der Waals surface area contributed by atoms with Gasteiger partial charge in [-0.3, -0.25) is 0 Å². The van der Waals surface area contributed by atoms with Crippen LogP contribution in [0.15, 0.2) is 30.6 Å².